The van der Waals surface area contributed by atoms with Crippen molar-refractivity contribution >= 4 is 11.8 Å². The Bertz CT molecular complexity index is 501. The summed E-state index contributed by atoms with van der Waals surface area (Å²) in [4.78, 5) is 25.8. The summed E-state index contributed by atoms with van der Waals surface area (Å²) in [7, 11) is 0. The fourth-order valence-corrected chi connectivity index (χ4v) is 2.56. The minimum absolute atomic E-state index is 0.0631. The summed E-state index contributed by atoms with van der Waals surface area (Å²) in [5.74, 6) is -0.158. The van der Waals surface area contributed by atoms with Crippen LogP contribution in [0, 0.1) is 0 Å². The molecule has 1 aliphatic rings. The monoisotopic (exact) mass is 333 g/mol. The summed E-state index contributed by atoms with van der Waals surface area (Å²) in [5.41, 5.74) is 1.05. The summed E-state index contributed by atoms with van der Waals surface area (Å²) in [6.07, 6.45) is 1.38. The van der Waals surface area contributed by atoms with Crippen molar-refractivity contribution in [3.8, 4) is 0 Å². The van der Waals surface area contributed by atoms with Gasteiger partial charge in [0.1, 0.15) is 0 Å². The molecule has 24 heavy (non-hydrogen) atoms. The Labute approximate surface area is 143 Å². The molecule has 2 amide bonds. The molecule has 132 valence electrons. The lowest BCUT2D eigenvalue weighted by molar-refractivity contribution is -0.126. The lowest BCUT2D eigenvalue weighted by Gasteiger charge is -2.26. The van der Waals surface area contributed by atoms with Crippen LogP contribution in [-0.2, 0) is 20.9 Å². The van der Waals surface area contributed by atoms with Crippen LogP contribution in [0.4, 0.5) is 0 Å². The molecule has 0 unspecified atom stereocenters. The van der Waals surface area contributed by atoms with E-state index in [9.17, 15) is 9.59 Å². The molecule has 1 saturated heterocycles. The summed E-state index contributed by atoms with van der Waals surface area (Å²) in [6.45, 7) is 5.66. The number of carbonyl (C=O) groups is 2. The maximum Gasteiger partial charge on any atom is 0.220 e. The van der Waals surface area contributed by atoms with Crippen LogP contribution in [0.1, 0.15) is 24.8 Å². The Morgan fingerprint density at radius 3 is 2.38 bits per heavy atom. The minimum Gasteiger partial charge on any atom is -0.379 e. The van der Waals surface area contributed by atoms with Gasteiger partial charge in [0.2, 0.25) is 11.8 Å². The van der Waals surface area contributed by atoms with Gasteiger partial charge >= 0.3 is 0 Å². The van der Waals surface area contributed by atoms with Crippen LogP contribution in [0.25, 0.3) is 0 Å². The van der Waals surface area contributed by atoms with Gasteiger partial charge in [0, 0.05) is 39.0 Å². The molecule has 6 nitrogen and oxygen atoms in total. The van der Waals surface area contributed by atoms with Gasteiger partial charge in [0.05, 0.1) is 13.2 Å². The number of nitrogens with one attached hydrogen (secondary N) is 2. The molecule has 1 fully saturated rings. The van der Waals surface area contributed by atoms with Gasteiger partial charge in [0.25, 0.3) is 0 Å². The second-order valence-corrected chi connectivity index (χ2v) is 5.92. The number of ether oxygens (including phenoxy) is 1. The molecule has 1 aliphatic heterocycles. The number of nitrogens with zero attached hydrogens (tertiary/aromatic N) is 1. The molecule has 0 bridgehead atoms. The lowest BCUT2D eigenvalue weighted by Crippen LogP contribution is -2.38. The number of rotatable bonds is 9. The Kier molecular flexibility index (Phi) is 8.27. The number of morpholine rings is 1. The van der Waals surface area contributed by atoms with E-state index in [1.807, 2.05) is 30.3 Å². The molecule has 0 aliphatic carbocycles. The van der Waals surface area contributed by atoms with Gasteiger partial charge in [-0.3, -0.25) is 14.5 Å². The Morgan fingerprint density at radius 1 is 1.00 bits per heavy atom. The highest BCUT2D eigenvalue weighted by Crippen LogP contribution is 1.99. The highest BCUT2D eigenvalue weighted by atomic mass is 16.5. The molecule has 0 atom stereocenters. The van der Waals surface area contributed by atoms with Crippen molar-refractivity contribution in [2.75, 3.05) is 39.4 Å². The van der Waals surface area contributed by atoms with E-state index in [4.69, 9.17) is 4.74 Å². The maximum atomic E-state index is 11.7. The molecule has 1 aromatic carbocycles. The van der Waals surface area contributed by atoms with Crippen molar-refractivity contribution in [2.24, 2.45) is 0 Å². The normalized spacial score (nSPS) is 15.0. The number of hydrogen-bond acceptors (Lipinski definition) is 4. The number of carbonyl (C=O) groups excluding carboxylic acids is 2. The van der Waals surface area contributed by atoms with Crippen LogP contribution in [0.2, 0.25) is 0 Å². The third-order valence-electron chi connectivity index (χ3n) is 3.99. The number of amides is 2. The van der Waals surface area contributed by atoms with Crippen molar-refractivity contribution in [3.63, 3.8) is 0 Å². The first-order valence-corrected chi connectivity index (χ1v) is 8.61. The van der Waals surface area contributed by atoms with E-state index in [2.05, 4.69) is 15.5 Å². The molecular formula is C18H27N3O3. The van der Waals surface area contributed by atoms with Crippen molar-refractivity contribution in [2.45, 2.75) is 25.8 Å². The van der Waals surface area contributed by atoms with Gasteiger partial charge in [-0.2, -0.15) is 0 Å². The number of benzene rings is 1. The van der Waals surface area contributed by atoms with E-state index in [1.165, 1.54) is 0 Å². The highest BCUT2D eigenvalue weighted by molar-refractivity contribution is 5.83. The van der Waals surface area contributed by atoms with E-state index in [0.717, 1.165) is 44.8 Å². The molecule has 0 aromatic heterocycles. The minimum atomic E-state index is -0.0951. The van der Waals surface area contributed by atoms with Gasteiger partial charge < -0.3 is 15.4 Å². The standard InChI is InChI=1S/C18H27N3O3/c22-17(19-9-4-10-21-11-13-24-14-12-21)7-8-18(23)20-15-16-5-2-1-3-6-16/h1-3,5-6H,4,7-15H2,(H,19,22)(H,20,23). The first-order valence-electron chi connectivity index (χ1n) is 8.61. The largest absolute Gasteiger partial charge is 0.379 e. The predicted octanol–water partition coefficient (Wildman–Crippen LogP) is 0.922. The van der Waals surface area contributed by atoms with Gasteiger partial charge in [-0.1, -0.05) is 30.3 Å². The first-order chi connectivity index (χ1) is 11.7. The molecule has 1 aromatic rings. The SMILES string of the molecule is O=C(CCC(=O)NCc1ccccc1)NCCCN1CCOCC1. The smallest absolute Gasteiger partial charge is 0.220 e. The van der Waals surface area contributed by atoms with E-state index in [-0.39, 0.29) is 24.7 Å². The molecule has 2 N–H and O–H groups in total. The van der Waals surface area contributed by atoms with Crippen molar-refractivity contribution in [1.82, 2.24) is 15.5 Å². The molecule has 6 heteroatoms. The van der Waals surface area contributed by atoms with Crippen LogP contribution in [-0.4, -0.2) is 56.1 Å². The summed E-state index contributed by atoms with van der Waals surface area (Å²) < 4.78 is 5.30. The first kappa shape index (κ1) is 18.4. The topological polar surface area (TPSA) is 70.7 Å². The zero-order valence-electron chi connectivity index (χ0n) is 14.1. The van der Waals surface area contributed by atoms with Gasteiger partial charge in [-0.05, 0) is 18.5 Å². The van der Waals surface area contributed by atoms with Crippen molar-refractivity contribution in [1.29, 1.82) is 0 Å². The van der Waals surface area contributed by atoms with Crippen LogP contribution in [0.5, 0.6) is 0 Å². The van der Waals surface area contributed by atoms with E-state index in [1.54, 1.807) is 0 Å². The quantitative estimate of drug-likeness (QED) is 0.660. The Hall–Kier alpha value is -1.92. The van der Waals surface area contributed by atoms with Crippen LogP contribution < -0.4 is 10.6 Å². The fourth-order valence-electron chi connectivity index (χ4n) is 2.56. The summed E-state index contributed by atoms with van der Waals surface area (Å²) in [6, 6.07) is 9.73. The maximum absolute atomic E-state index is 11.7. The van der Waals surface area contributed by atoms with E-state index in [0.29, 0.717) is 13.1 Å². The van der Waals surface area contributed by atoms with Gasteiger partial charge in [-0.25, -0.2) is 0 Å². The molecule has 0 spiro atoms. The summed E-state index contributed by atoms with van der Waals surface area (Å²) in [5, 5.41) is 5.70. The zero-order chi connectivity index (χ0) is 17.0. The Balaban J connectivity index is 1.48. The van der Waals surface area contributed by atoms with Crippen LogP contribution in [0.3, 0.4) is 0 Å². The fraction of sp³-hybridized carbons (Fsp3) is 0.556. The van der Waals surface area contributed by atoms with Crippen LogP contribution >= 0.6 is 0 Å². The molecule has 0 radical (unpaired) electrons. The lowest BCUT2D eigenvalue weighted by atomic mass is 10.2. The van der Waals surface area contributed by atoms with Crippen LogP contribution in [0.15, 0.2) is 30.3 Å². The number of hydrogen-bond donors (Lipinski definition) is 2. The van der Waals surface area contributed by atoms with Gasteiger partial charge in [-0.15, -0.1) is 0 Å². The predicted molar refractivity (Wildman–Crippen MR) is 92.4 cm³/mol. The summed E-state index contributed by atoms with van der Waals surface area (Å²) >= 11 is 0. The molecule has 1 heterocycles. The second kappa shape index (κ2) is 10.8. The second-order valence-electron chi connectivity index (χ2n) is 5.92. The Morgan fingerprint density at radius 2 is 1.67 bits per heavy atom. The average Bonchev–Trinajstić information content (AvgIpc) is 2.63. The van der Waals surface area contributed by atoms with Crippen molar-refractivity contribution < 1.29 is 14.3 Å². The van der Waals surface area contributed by atoms with E-state index >= 15 is 0 Å². The molecule has 0 saturated carbocycles. The third kappa shape index (κ3) is 7.57. The average molecular weight is 333 g/mol. The highest BCUT2D eigenvalue weighted by Gasteiger charge is 2.10. The zero-order valence-corrected chi connectivity index (χ0v) is 14.1. The third-order valence-corrected chi connectivity index (χ3v) is 3.99. The van der Waals surface area contributed by atoms with Gasteiger partial charge in [0.15, 0.2) is 0 Å². The van der Waals surface area contributed by atoms with Crippen molar-refractivity contribution in [3.05, 3.63) is 35.9 Å². The molecule has 2 rings (SSSR count). The van der Waals surface area contributed by atoms with E-state index < -0.39 is 0 Å². The molecular weight excluding hydrogens is 306 g/mol.